The second-order valence-corrected chi connectivity index (χ2v) is 5.93. The molecule has 1 aromatic heterocycles. The second kappa shape index (κ2) is 4.97. The van der Waals surface area contributed by atoms with E-state index in [4.69, 9.17) is 0 Å². The fraction of sp³-hybridized carbons (Fsp3) is 0.538. The molecular formula is C13H16BrN3O. The first-order valence-corrected chi connectivity index (χ1v) is 7.17. The van der Waals surface area contributed by atoms with Gasteiger partial charge < -0.3 is 10.2 Å². The average molecular weight is 310 g/mol. The highest BCUT2D eigenvalue weighted by Crippen LogP contribution is 2.25. The van der Waals surface area contributed by atoms with Crippen molar-refractivity contribution in [2.45, 2.75) is 18.9 Å². The largest absolute Gasteiger partial charge is 0.337 e. The van der Waals surface area contributed by atoms with Gasteiger partial charge >= 0.3 is 0 Å². The van der Waals surface area contributed by atoms with Gasteiger partial charge in [-0.1, -0.05) is 0 Å². The van der Waals surface area contributed by atoms with E-state index in [9.17, 15) is 4.79 Å². The molecule has 2 fully saturated rings. The second-order valence-electron chi connectivity index (χ2n) is 5.01. The molecule has 2 saturated heterocycles. The van der Waals surface area contributed by atoms with Crippen molar-refractivity contribution in [3.63, 3.8) is 0 Å². The third-order valence-corrected chi connectivity index (χ3v) is 4.36. The van der Waals surface area contributed by atoms with Crippen LogP contribution in [0.4, 0.5) is 0 Å². The molecule has 18 heavy (non-hydrogen) atoms. The molecule has 1 N–H and O–H groups in total. The number of pyridine rings is 1. The van der Waals surface area contributed by atoms with Gasteiger partial charge in [-0.15, -0.1) is 0 Å². The number of hydrogen-bond donors (Lipinski definition) is 1. The van der Waals surface area contributed by atoms with E-state index in [-0.39, 0.29) is 5.91 Å². The summed E-state index contributed by atoms with van der Waals surface area (Å²) in [6.45, 7) is 2.80. The van der Waals surface area contributed by atoms with Crippen LogP contribution in [-0.4, -0.2) is 41.5 Å². The Labute approximate surface area is 115 Å². The maximum Gasteiger partial charge on any atom is 0.272 e. The predicted octanol–water partition coefficient (Wildman–Crippen LogP) is 1.67. The molecule has 0 radical (unpaired) electrons. The number of halogens is 1. The summed E-state index contributed by atoms with van der Waals surface area (Å²) in [7, 11) is 0. The first-order chi connectivity index (χ1) is 8.74. The van der Waals surface area contributed by atoms with Gasteiger partial charge in [0.05, 0.1) is 0 Å². The summed E-state index contributed by atoms with van der Waals surface area (Å²) in [5.41, 5.74) is 0.544. The molecule has 1 aromatic rings. The minimum Gasteiger partial charge on any atom is -0.337 e. The van der Waals surface area contributed by atoms with Gasteiger partial charge in [0.15, 0.2) is 0 Å². The fourth-order valence-electron chi connectivity index (χ4n) is 2.90. The number of aromatic nitrogens is 1. The van der Waals surface area contributed by atoms with E-state index in [0.29, 0.717) is 17.7 Å². The minimum atomic E-state index is 0.0628. The number of nitrogens with zero attached hydrogens (tertiary/aromatic N) is 2. The highest BCUT2D eigenvalue weighted by atomic mass is 79.9. The third-order valence-electron chi connectivity index (χ3n) is 3.89. The van der Waals surface area contributed by atoms with Gasteiger partial charge in [0.25, 0.3) is 5.91 Å². The van der Waals surface area contributed by atoms with Crippen molar-refractivity contribution in [2.75, 3.05) is 19.6 Å². The van der Waals surface area contributed by atoms with Crippen LogP contribution in [0, 0.1) is 5.92 Å². The van der Waals surface area contributed by atoms with Crippen molar-refractivity contribution in [1.29, 1.82) is 0 Å². The Kier molecular flexibility index (Phi) is 3.35. The zero-order valence-corrected chi connectivity index (χ0v) is 11.7. The number of rotatable bonds is 1. The molecule has 0 spiro atoms. The number of carbonyl (C=O) groups excluding carboxylic acids is 1. The van der Waals surface area contributed by atoms with Crippen molar-refractivity contribution < 1.29 is 4.79 Å². The molecular weight excluding hydrogens is 294 g/mol. The first kappa shape index (κ1) is 12.1. The normalized spacial score (nSPS) is 27.1. The summed E-state index contributed by atoms with van der Waals surface area (Å²) < 4.78 is 0.901. The Bertz CT molecular complexity index is 448. The molecule has 3 heterocycles. The Balaban J connectivity index is 1.71. The summed E-state index contributed by atoms with van der Waals surface area (Å²) in [5.74, 6) is 0.686. The number of carbonyl (C=O) groups is 1. The highest BCUT2D eigenvalue weighted by Gasteiger charge is 2.34. The molecule has 0 aliphatic carbocycles. The molecule has 0 aromatic carbocycles. The molecule has 2 unspecified atom stereocenters. The van der Waals surface area contributed by atoms with Crippen molar-refractivity contribution in [3.8, 4) is 0 Å². The Hall–Kier alpha value is -0.940. The van der Waals surface area contributed by atoms with E-state index < -0.39 is 0 Å². The van der Waals surface area contributed by atoms with Crippen LogP contribution in [0.5, 0.6) is 0 Å². The maximum atomic E-state index is 12.3. The molecule has 0 bridgehead atoms. The van der Waals surface area contributed by atoms with E-state index in [1.54, 1.807) is 12.3 Å². The number of fused-ring (bicyclic) bond motifs is 1. The molecule has 96 valence electrons. The number of likely N-dealkylation sites (tertiary alicyclic amines) is 1. The van der Waals surface area contributed by atoms with Gasteiger partial charge in [0.2, 0.25) is 0 Å². The molecule has 1 amide bonds. The fourth-order valence-corrected chi connectivity index (χ4v) is 3.13. The lowest BCUT2D eigenvalue weighted by Gasteiger charge is -2.34. The van der Waals surface area contributed by atoms with Crippen molar-refractivity contribution in [1.82, 2.24) is 15.2 Å². The van der Waals surface area contributed by atoms with Crippen molar-refractivity contribution >= 4 is 21.8 Å². The Morgan fingerprint density at radius 2 is 2.33 bits per heavy atom. The van der Waals surface area contributed by atoms with Gasteiger partial charge in [-0.25, -0.2) is 4.98 Å². The van der Waals surface area contributed by atoms with E-state index in [1.807, 2.05) is 11.0 Å². The van der Waals surface area contributed by atoms with Crippen molar-refractivity contribution in [3.05, 3.63) is 28.5 Å². The lowest BCUT2D eigenvalue weighted by molar-refractivity contribution is 0.0656. The number of piperidine rings is 1. The summed E-state index contributed by atoms with van der Waals surface area (Å²) in [6, 6.07) is 4.27. The lowest BCUT2D eigenvalue weighted by atomic mass is 9.93. The van der Waals surface area contributed by atoms with Crippen LogP contribution in [0.3, 0.4) is 0 Å². The van der Waals surface area contributed by atoms with Gasteiger partial charge in [0.1, 0.15) is 5.69 Å². The zero-order chi connectivity index (χ0) is 12.5. The summed E-state index contributed by atoms with van der Waals surface area (Å²) in [5, 5.41) is 3.51. The van der Waals surface area contributed by atoms with E-state index >= 15 is 0 Å². The first-order valence-electron chi connectivity index (χ1n) is 6.38. The van der Waals surface area contributed by atoms with Gasteiger partial charge in [-0.05, 0) is 53.4 Å². The monoisotopic (exact) mass is 309 g/mol. The van der Waals surface area contributed by atoms with Crippen LogP contribution in [-0.2, 0) is 0 Å². The highest BCUT2D eigenvalue weighted by molar-refractivity contribution is 9.10. The van der Waals surface area contributed by atoms with Crippen LogP contribution < -0.4 is 5.32 Å². The van der Waals surface area contributed by atoms with Crippen LogP contribution in [0.1, 0.15) is 23.3 Å². The van der Waals surface area contributed by atoms with Crippen LogP contribution >= 0.6 is 15.9 Å². The predicted molar refractivity (Wildman–Crippen MR) is 72.4 cm³/mol. The Morgan fingerprint density at radius 1 is 1.44 bits per heavy atom. The molecule has 2 atom stereocenters. The van der Waals surface area contributed by atoms with Crippen molar-refractivity contribution in [2.24, 2.45) is 5.92 Å². The SMILES string of the molecule is O=C(c1ccc(Br)cn1)N1CCC2NCCC2C1. The maximum absolute atomic E-state index is 12.3. The van der Waals surface area contributed by atoms with E-state index in [0.717, 1.165) is 30.5 Å². The molecule has 3 rings (SSSR count). The zero-order valence-electron chi connectivity index (χ0n) is 10.1. The van der Waals surface area contributed by atoms with Crippen LogP contribution in [0.25, 0.3) is 0 Å². The number of amides is 1. The van der Waals surface area contributed by atoms with Crippen LogP contribution in [0.15, 0.2) is 22.8 Å². The molecule has 5 heteroatoms. The molecule has 4 nitrogen and oxygen atoms in total. The van der Waals surface area contributed by atoms with E-state index in [2.05, 4.69) is 26.2 Å². The topological polar surface area (TPSA) is 45.2 Å². The molecule has 0 saturated carbocycles. The van der Waals surface area contributed by atoms with Crippen LogP contribution in [0.2, 0.25) is 0 Å². The summed E-state index contributed by atoms with van der Waals surface area (Å²) >= 11 is 3.33. The smallest absolute Gasteiger partial charge is 0.272 e. The van der Waals surface area contributed by atoms with Gasteiger partial charge in [0, 0.05) is 29.8 Å². The number of hydrogen-bond acceptors (Lipinski definition) is 3. The van der Waals surface area contributed by atoms with E-state index in [1.165, 1.54) is 6.42 Å². The van der Waals surface area contributed by atoms with Gasteiger partial charge in [-0.3, -0.25) is 4.79 Å². The quantitative estimate of drug-likeness (QED) is 0.858. The molecule has 2 aliphatic rings. The van der Waals surface area contributed by atoms with Gasteiger partial charge in [-0.2, -0.15) is 0 Å². The lowest BCUT2D eigenvalue weighted by Crippen LogP contribution is -2.47. The standard InChI is InChI=1S/C13H16BrN3O/c14-10-1-2-12(16-7-10)13(18)17-6-4-11-9(8-17)3-5-15-11/h1-2,7,9,11,15H,3-6,8H2. The minimum absolute atomic E-state index is 0.0628. The average Bonchev–Trinajstić information content (AvgIpc) is 2.86. The third kappa shape index (κ3) is 2.29. The number of nitrogens with one attached hydrogen (secondary N) is 1. The summed E-state index contributed by atoms with van der Waals surface area (Å²) in [4.78, 5) is 18.5. The summed E-state index contributed by atoms with van der Waals surface area (Å²) in [6.07, 6.45) is 3.92. The Morgan fingerprint density at radius 3 is 3.11 bits per heavy atom. The molecule has 2 aliphatic heterocycles.